The van der Waals surface area contributed by atoms with Gasteiger partial charge in [-0.1, -0.05) is 30.3 Å². The average molecular weight is 434 g/mol. The van der Waals surface area contributed by atoms with Crippen molar-refractivity contribution in [1.29, 1.82) is 0 Å². The summed E-state index contributed by atoms with van der Waals surface area (Å²) in [4.78, 5) is 25.4. The molecule has 3 rings (SSSR count). The van der Waals surface area contributed by atoms with E-state index in [-0.39, 0.29) is 23.4 Å². The number of phenols is 1. The first-order valence-corrected chi connectivity index (χ1v) is 10.2. The lowest BCUT2D eigenvalue weighted by Crippen LogP contribution is -2.30. The predicted octanol–water partition coefficient (Wildman–Crippen LogP) is 5.42. The number of hydrogen-bond acceptors (Lipinski definition) is 4. The van der Waals surface area contributed by atoms with Gasteiger partial charge < -0.3 is 25.4 Å². The number of carbonyl (C=O) groups excluding carboxylic acids is 2. The van der Waals surface area contributed by atoms with Gasteiger partial charge in [0.25, 0.3) is 0 Å². The van der Waals surface area contributed by atoms with Crippen LogP contribution in [0.1, 0.15) is 23.6 Å². The van der Waals surface area contributed by atoms with Gasteiger partial charge in [0.15, 0.2) is 0 Å². The Balaban J connectivity index is 1.74. The molecular weight excluding hydrogens is 406 g/mol. The zero-order valence-electron chi connectivity index (χ0n) is 18.6. The van der Waals surface area contributed by atoms with Crippen LogP contribution in [0, 0.1) is 13.8 Å². The molecule has 0 radical (unpaired) electrons. The summed E-state index contributed by atoms with van der Waals surface area (Å²) in [7, 11) is 1.68. The van der Waals surface area contributed by atoms with Crippen LogP contribution in [0.5, 0.6) is 17.2 Å². The number of aromatic hydroxyl groups is 1. The van der Waals surface area contributed by atoms with Crippen molar-refractivity contribution in [3.8, 4) is 17.2 Å². The van der Waals surface area contributed by atoms with Gasteiger partial charge in [0.2, 0.25) is 5.91 Å². The van der Waals surface area contributed by atoms with Crippen molar-refractivity contribution in [2.45, 2.75) is 27.3 Å². The molecule has 3 amide bonds. The smallest absolute Gasteiger partial charge is 0.321 e. The Morgan fingerprint density at radius 1 is 0.969 bits per heavy atom. The number of amides is 3. The lowest BCUT2D eigenvalue weighted by molar-refractivity contribution is -0.114. The molecule has 0 spiro atoms. The summed E-state index contributed by atoms with van der Waals surface area (Å²) >= 11 is 0. The van der Waals surface area contributed by atoms with Crippen molar-refractivity contribution in [2.24, 2.45) is 0 Å². The quantitative estimate of drug-likeness (QED) is 0.453. The van der Waals surface area contributed by atoms with E-state index in [2.05, 4.69) is 10.6 Å². The number of anilines is 2. The number of phenolic OH excluding ortho intramolecular Hbond substituents is 1. The second kappa shape index (κ2) is 9.87. The first-order chi connectivity index (χ1) is 15.2. The first-order valence-electron chi connectivity index (χ1n) is 10.2. The van der Waals surface area contributed by atoms with E-state index in [0.717, 1.165) is 16.7 Å². The third-order valence-corrected chi connectivity index (χ3v) is 4.82. The van der Waals surface area contributed by atoms with Crippen LogP contribution in [0.25, 0.3) is 0 Å². The average Bonchev–Trinajstić information content (AvgIpc) is 2.73. The molecule has 0 saturated carbocycles. The fraction of sp³-hybridized carbons (Fsp3) is 0.200. The third-order valence-electron chi connectivity index (χ3n) is 4.82. The SMILES string of the molecule is CC(=O)Nc1cc(C)c(Oc2ccc(O)c(NC(=O)N(C)Cc3ccccc3)c2)c(C)c1. The molecule has 0 heterocycles. The highest BCUT2D eigenvalue weighted by Crippen LogP contribution is 2.35. The zero-order chi connectivity index (χ0) is 23.3. The van der Waals surface area contributed by atoms with Gasteiger partial charge in [-0.15, -0.1) is 0 Å². The van der Waals surface area contributed by atoms with Crippen LogP contribution in [0.2, 0.25) is 0 Å². The Morgan fingerprint density at radius 3 is 2.25 bits per heavy atom. The van der Waals surface area contributed by atoms with Crippen LogP contribution in [0.15, 0.2) is 60.7 Å². The van der Waals surface area contributed by atoms with Gasteiger partial charge in [-0.3, -0.25) is 4.79 Å². The van der Waals surface area contributed by atoms with E-state index < -0.39 is 0 Å². The molecule has 7 nitrogen and oxygen atoms in total. The highest BCUT2D eigenvalue weighted by Gasteiger charge is 2.14. The van der Waals surface area contributed by atoms with Crippen LogP contribution >= 0.6 is 0 Å². The minimum atomic E-state index is -0.353. The van der Waals surface area contributed by atoms with Crippen LogP contribution < -0.4 is 15.4 Å². The second-order valence-electron chi connectivity index (χ2n) is 7.67. The maximum atomic E-state index is 12.6. The molecule has 32 heavy (non-hydrogen) atoms. The summed E-state index contributed by atoms with van der Waals surface area (Å²) in [6.07, 6.45) is 0. The number of aryl methyl sites for hydroxylation is 2. The number of hydrogen-bond donors (Lipinski definition) is 3. The van der Waals surface area contributed by atoms with E-state index in [1.54, 1.807) is 19.2 Å². The van der Waals surface area contributed by atoms with Crippen molar-refractivity contribution >= 4 is 23.3 Å². The van der Waals surface area contributed by atoms with E-state index >= 15 is 0 Å². The Bertz CT molecular complexity index is 1110. The second-order valence-corrected chi connectivity index (χ2v) is 7.67. The molecular formula is C25H27N3O4. The number of nitrogens with zero attached hydrogens (tertiary/aromatic N) is 1. The van der Waals surface area contributed by atoms with E-state index in [1.807, 2.05) is 56.3 Å². The van der Waals surface area contributed by atoms with Crippen molar-refractivity contribution in [3.63, 3.8) is 0 Å². The maximum Gasteiger partial charge on any atom is 0.321 e. The summed E-state index contributed by atoms with van der Waals surface area (Å²) < 4.78 is 6.04. The molecule has 166 valence electrons. The number of rotatable bonds is 6. The normalized spacial score (nSPS) is 10.4. The number of nitrogens with one attached hydrogen (secondary N) is 2. The summed E-state index contributed by atoms with van der Waals surface area (Å²) in [5.74, 6) is 0.896. The Hall–Kier alpha value is -4.00. The van der Waals surface area contributed by atoms with E-state index in [4.69, 9.17) is 4.74 Å². The van der Waals surface area contributed by atoms with Crippen molar-refractivity contribution < 1.29 is 19.4 Å². The topological polar surface area (TPSA) is 90.9 Å². The van der Waals surface area contributed by atoms with Gasteiger partial charge in [-0.2, -0.15) is 0 Å². The summed E-state index contributed by atoms with van der Waals surface area (Å²) in [5, 5.41) is 15.7. The number of carbonyl (C=O) groups is 2. The minimum Gasteiger partial charge on any atom is -0.506 e. The number of urea groups is 1. The third kappa shape index (κ3) is 5.78. The lowest BCUT2D eigenvalue weighted by Gasteiger charge is -2.19. The van der Waals surface area contributed by atoms with Crippen LogP contribution in [0.4, 0.5) is 16.2 Å². The van der Waals surface area contributed by atoms with Crippen molar-refractivity contribution in [1.82, 2.24) is 4.90 Å². The predicted molar refractivity (Wildman–Crippen MR) is 125 cm³/mol. The minimum absolute atomic E-state index is 0.0618. The fourth-order valence-corrected chi connectivity index (χ4v) is 3.32. The Labute approximate surface area is 187 Å². The molecule has 0 aliphatic carbocycles. The number of benzene rings is 3. The molecule has 0 bridgehead atoms. The van der Waals surface area contributed by atoms with Gasteiger partial charge in [0.05, 0.1) is 5.69 Å². The Kier molecular flexibility index (Phi) is 7.00. The molecule has 3 aromatic rings. The molecule has 0 aromatic heterocycles. The standard InChI is InChI=1S/C25H27N3O4/c1-16-12-20(26-18(3)29)13-17(2)24(16)32-21-10-11-23(30)22(14-21)27-25(31)28(4)15-19-8-6-5-7-9-19/h5-14,30H,15H2,1-4H3,(H,26,29)(H,27,31). The Morgan fingerprint density at radius 2 is 1.62 bits per heavy atom. The number of ether oxygens (including phenoxy) is 1. The molecule has 7 heteroatoms. The van der Waals surface area contributed by atoms with Gasteiger partial charge in [0.1, 0.15) is 17.2 Å². The highest BCUT2D eigenvalue weighted by molar-refractivity contribution is 5.91. The van der Waals surface area contributed by atoms with Crippen LogP contribution in [-0.4, -0.2) is 29.0 Å². The maximum absolute atomic E-state index is 12.6. The van der Waals surface area contributed by atoms with Gasteiger partial charge in [0, 0.05) is 32.3 Å². The van der Waals surface area contributed by atoms with Crippen LogP contribution in [-0.2, 0) is 11.3 Å². The summed E-state index contributed by atoms with van der Waals surface area (Å²) in [6, 6.07) is 17.6. The molecule has 0 aliphatic rings. The first kappa shape index (κ1) is 22.7. The van der Waals surface area contributed by atoms with Gasteiger partial charge in [-0.05, 0) is 54.8 Å². The fourth-order valence-electron chi connectivity index (χ4n) is 3.32. The van der Waals surface area contributed by atoms with Crippen molar-refractivity contribution in [2.75, 3.05) is 17.7 Å². The molecule has 0 aliphatic heterocycles. The zero-order valence-corrected chi connectivity index (χ0v) is 18.6. The van der Waals surface area contributed by atoms with E-state index in [9.17, 15) is 14.7 Å². The van der Waals surface area contributed by atoms with Crippen LogP contribution in [0.3, 0.4) is 0 Å². The molecule has 0 atom stereocenters. The van der Waals surface area contributed by atoms with E-state index in [0.29, 0.717) is 23.7 Å². The monoisotopic (exact) mass is 433 g/mol. The lowest BCUT2D eigenvalue weighted by atomic mass is 10.1. The largest absolute Gasteiger partial charge is 0.506 e. The van der Waals surface area contributed by atoms with Crippen molar-refractivity contribution in [3.05, 3.63) is 77.4 Å². The van der Waals surface area contributed by atoms with Gasteiger partial charge in [-0.25, -0.2) is 4.79 Å². The molecule has 3 N–H and O–H groups in total. The molecule has 3 aromatic carbocycles. The highest BCUT2D eigenvalue weighted by atomic mass is 16.5. The van der Waals surface area contributed by atoms with Gasteiger partial charge >= 0.3 is 6.03 Å². The molecule has 0 fully saturated rings. The van der Waals surface area contributed by atoms with E-state index in [1.165, 1.54) is 17.9 Å². The molecule has 0 saturated heterocycles. The summed E-state index contributed by atoms with van der Waals surface area (Å²) in [6.45, 7) is 5.66. The molecule has 0 unspecified atom stereocenters. The summed E-state index contributed by atoms with van der Waals surface area (Å²) in [5.41, 5.74) is 3.63.